The van der Waals surface area contributed by atoms with Gasteiger partial charge in [0.15, 0.2) is 0 Å². The molecule has 0 atom stereocenters. The molecule has 0 aliphatic rings. The first-order valence-corrected chi connectivity index (χ1v) is 8.99. The van der Waals surface area contributed by atoms with Crippen LogP contribution < -0.4 is 5.73 Å². The zero-order chi connectivity index (χ0) is 20.8. The van der Waals surface area contributed by atoms with E-state index in [9.17, 15) is 15.0 Å². The number of nitrogens with two attached hydrogens (primary N) is 1. The summed E-state index contributed by atoms with van der Waals surface area (Å²) < 4.78 is 5.95. The Bertz CT molecular complexity index is 766. The molecule has 1 aromatic carbocycles. The summed E-state index contributed by atoms with van der Waals surface area (Å²) in [5.41, 5.74) is 7.13. The molecule has 0 bridgehead atoms. The first-order chi connectivity index (χ1) is 12.5. The van der Waals surface area contributed by atoms with E-state index in [1.807, 2.05) is 38.1 Å². The van der Waals surface area contributed by atoms with Gasteiger partial charge in [0.25, 0.3) is 0 Å². The second-order valence-electron chi connectivity index (χ2n) is 7.49. The summed E-state index contributed by atoms with van der Waals surface area (Å²) in [4.78, 5) is 11.3. The number of ether oxygens (including phenoxy) is 1. The normalized spacial score (nSPS) is 14.2. The van der Waals surface area contributed by atoms with Crippen molar-refractivity contribution in [1.82, 2.24) is 0 Å². The molecule has 0 unspecified atom stereocenters. The molecule has 27 heavy (non-hydrogen) atoms. The van der Waals surface area contributed by atoms with Gasteiger partial charge in [0, 0.05) is 18.0 Å². The van der Waals surface area contributed by atoms with Crippen molar-refractivity contribution in [2.24, 2.45) is 17.1 Å². The van der Waals surface area contributed by atoms with Crippen molar-refractivity contribution >= 4 is 11.5 Å². The molecular formula is C22H31NO4. The standard InChI is InChI=1S/C22H31NO4/c1-14(2)20(27-15(3)12-22(5,6)21(25)26)11-19(16(4)24)18-9-7-8-17(10-18)13-23/h7-12,14,24H,13,23H2,1-6H3,(H,25,26)/b15-12+,19-16-,20-11+. The Hall–Kier alpha value is -2.53. The fraction of sp³-hybridized carbons (Fsp3) is 0.409. The van der Waals surface area contributed by atoms with Crippen LogP contribution in [-0.2, 0) is 16.1 Å². The molecule has 5 nitrogen and oxygen atoms in total. The molecule has 4 N–H and O–H groups in total. The number of carboxylic acid groups (broad SMARTS) is 1. The van der Waals surface area contributed by atoms with E-state index in [0.29, 0.717) is 23.6 Å². The summed E-state index contributed by atoms with van der Waals surface area (Å²) in [5.74, 6) is 0.400. The highest BCUT2D eigenvalue weighted by molar-refractivity contribution is 5.76. The average Bonchev–Trinajstić information content (AvgIpc) is 2.57. The number of benzene rings is 1. The highest BCUT2D eigenvalue weighted by Crippen LogP contribution is 2.27. The van der Waals surface area contributed by atoms with Crippen LogP contribution in [0.5, 0.6) is 0 Å². The first-order valence-electron chi connectivity index (χ1n) is 8.99. The Labute approximate surface area is 161 Å². The number of allylic oxidation sites excluding steroid dienone is 5. The highest BCUT2D eigenvalue weighted by atomic mass is 16.5. The van der Waals surface area contributed by atoms with E-state index in [2.05, 4.69) is 0 Å². The van der Waals surface area contributed by atoms with Gasteiger partial charge in [-0.3, -0.25) is 4.79 Å². The van der Waals surface area contributed by atoms with Crippen LogP contribution in [0.25, 0.3) is 5.57 Å². The van der Waals surface area contributed by atoms with Gasteiger partial charge in [0.1, 0.15) is 5.76 Å². The maximum atomic E-state index is 11.3. The summed E-state index contributed by atoms with van der Waals surface area (Å²) in [5, 5.41) is 19.5. The molecule has 0 fully saturated rings. The summed E-state index contributed by atoms with van der Waals surface area (Å²) in [6.45, 7) is 10.9. The maximum Gasteiger partial charge on any atom is 0.313 e. The second-order valence-corrected chi connectivity index (χ2v) is 7.49. The molecule has 0 aromatic heterocycles. The van der Waals surface area contributed by atoms with Gasteiger partial charge in [-0.1, -0.05) is 32.0 Å². The van der Waals surface area contributed by atoms with Gasteiger partial charge in [-0.25, -0.2) is 0 Å². The van der Waals surface area contributed by atoms with Crippen LogP contribution in [0.2, 0.25) is 0 Å². The number of aliphatic hydroxyl groups excluding tert-OH is 1. The summed E-state index contributed by atoms with van der Waals surface area (Å²) >= 11 is 0. The molecule has 0 aliphatic carbocycles. The molecule has 5 heteroatoms. The number of carboxylic acids is 1. The number of rotatable bonds is 8. The lowest BCUT2D eigenvalue weighted by Crippen LogP contribution is -2.21. The maximum absolute atomic E-state index is 11.3. The van der Waals surface area contributed by atoms with E-state index in [0.717, 1.165) is 11.1 Å². The molecule has 1 aromatic rings. The Kier molecular flexibility index (Phi) is 7.85. The van der Waals surface area contributed by atoms with Crippen LogP contribution in [0, 0.1) is 11.3 Å². The van der Waals surface area contributed by atoms with Crippen LogP contribution in [0.15, 0.2) is 53.7 Å². The van der Waals surface area contributed by atoms with E-state index in [1.165, 1.54) is 0 Å². The monoisotopic (exact) mass is 373 g/mol. The van der Waals surface area contributed by atoms with Crippen molar-refractivity contribution in [3.8, 4) is 0 Å². The second kappa shape index (κ2) is 9.42. The molecule has 0 saturated carbocycles. The van der Waals surface area contributed by atoms with Crippen LogP contribution in [0.3, 0.4) is 0 Å². The van der Waals surface area contributed by atoms with Crippen molar-refractivity contribution < 1.29 is 19.7 Å². The number of carbonyl (C=O) groups is 1. The molecule has 0 saturated heterocycles. The molecule has 0 aliphatic heterocycles. The molecule has 0 spiro atoms. The third kappa shape index (κ3) is 6.61. The van der Waals surface area contributed by atoms with Crippen LogP contribution in [0.1, 0.15) is 52.7 Å². The third-order valence-electron chi connectivity index (χ3n) is 4.11. The Balaban J connectivity index is 3.31. The Morgan fingerprint density at radius 2 is 1.89 bits per heavy atom. The quantitative estimate of drug-likeness (QED) is 0.440. The lowest BCUT2D eigenvalue weighted by Gasteiger charge is -2.19. The van der Waals surface area contributed by atoms with Gasteiger partial charge in [-0.2, -0.15) is 0 Å². The molecular weight excluding hydrogens is 342 g/mol. The SMILES string of the molecule is C/C(O)=C(\C=C(\O/C(C)=C/C(C)(C)C(=O)O)C(C)C)c1cccc(CN)c1. The van der Waals surface area contributed by atoms with Crippen molar-refractivity contribution in [2.75, 3.05) is 0 Å². The molecule has 0 heterocycles. The molecule has 0 radical (unpaired) electrons. The number of aliphatic carboxylic acids is 1. The zero-order valence-electron chi connectivity index (χ0n) is 17.0. The minimum absolute atomic E-state index is 0.0355. The Morgan fingerprint density at radius 1 is 1.26 bits per heavy atom. The topological polar surface area (TPSA) is 92.8 Å². The van der Waals surface area contributed by atoms with E-state index in [4.69, 9.17) is 10.5 Å². The molecule has 1 rings (SSSR count). The van der Waals surface area contributed by atoms with Gasteiger partial charge in [-0.05, 0) is 57.0 Å². The van der Waals surface area contributed by atoms with Crippen LogP contribution in [-0.4, -0.2) is 16.2 Å². The lowest BCUT2D eigenvalue weighted by molar-refractivity contribution is -0.144. The predicted molar refractivity (Wildman–Crippen MR) is 109 cm³/mol. The smallest absolute Gasteiger partial charge is 0.313 e. The lowest BCUT2D eigenvalue weighted by atomic mass is 9.93. The van der Waals surface area contributed by atoms with Crippen LogP contribution in [0.4, 0.5) is 0 Å². The van der Waals surface area contributed by atoms with Gasteiger partial charge in [0.2, 0.25) is 0 Å². The zero-order valence-corrected chi connectivity index (χ0v) is 17.0. The average molecular weight is 373 g/mol. The van der Waals surface area contributed by atoms with Crippen LogP contribution >= 0.6 is 0 Å². The summed E-state index contributed by atoms with van der Waals surface area (Å²) in [6, 6.07) is 7.65. The van der Waals surface area contributed by atoms with E-state index in [-0.39, 0.29) is 11.7 Å². The number of hydrogen-bond donors (Lipinski definition) is 3. The fourth-order valence-electron chi connectivity index (χ4n) is 2.50. The molecule has 148 valence electrons. The van der Waals surface area contributed by atoms with Crippen molar-refractivity contribution in [3.05, 3.63) is 64.8 Å². The van der Waals surface area contributed by atoms with Crippen molar-refractivity contribution in [3.63, 3.8) is 0 Å². The molecule has 0 amide bonds. The van der Waals surface area contributed by atoms with E-state index in [1.54, 1.807) is 39.8 Å². The minimum atomic E-state index is -1.03. The van der Waals surface area contributed by atoms with Crippen molar-refractivity contribution in [2.45, 2.75) is 48.1 Å². The third-order valence-corrected chi connectivity index (χ3v) is 4.11. The fourth-order valence-corrected chi connectivity index (χ4v) is 2.50. The predicted octanol–water partition coefficient (Wildman–Crippen LogP) is 5.01. The summed E-state index contributed by atoms with van der Waals surface area (Å²) in [7, 11) is 0. The number of hydrogen-bond acceptors (Lipinski definition) is 4. The Morgan fingerprint density at radius 3 is 2.37 bits per heavy atom. The minimum Gasteiger partial charge on any atom is -0.512 e. The number of aliphatic hydroxyl groups is 1. The van der Waals surface area contributed by atoms with Gasteiger partial charge >= 0.3 is 5.97 Å². The van der Waals surface area contributed by atoms with Gasteiger partial charge in [0.05, 0.1) is 16.9 Å². The largest absolute Gasteiger partial charge is 0.512 e. The van der Waals surface area contributed by atoms with E-state index < -0.39 is 11.4 Å². The highest BCUT2D eigenvalue weighted by Gasteiger charge is 2.25. The van der Waals surface area contributed by atoms with Gasteiger partial charge < -0.3 is 20.7 Å². The van der Waals surface area contributed by atoms with E-state index >= 15 is 0 Å². The van der Waals surface area contributed by atoms with Gasteiger partial charge in [-0.15, -0.1) is 0 Å². The van der Waals surface area contributed by atoms with Crippen molar-refractivity contribution in [1.29, 1.82) is 0 Å². The summed E-state index contributed by atoms with van der Waals surface area (Å²) in [6.07, 6.45) is 3.37. The first kappa shape index (κ1) is 22.5.